The van der Waals surface area contributed by atoms with E-state index in [-0.39, 0.29) is 30.5 Å². The molecule has 152 valence electrons. The highest BCUT2D eigenvalue weighted by Crippen LogP contribution is 2.35. The molecule has 3 rings (SSSR count). The highest BCUT2D eigenvalue weighted by Gasteiger charge is 2.17. The Hall–Kier alpha value is -3.96. The van der Waals surface area contributed by atoms with Crippen LogP contribution in [0.4, 0.5) is 5.82 Å². The van der Waals surface area contributed by atoms with E-state index >= 15 is 0 Å². The molecule has 8 nitrogen and oxygen atoms in total. The fourth-order valence-electron chi connectivity index (χ4n) is 2.89. The minimum atomic E-state index is -0.543. The monoisotopic (exact) mass is 404 g/mol. The third-order valence-corrected chi connectivity index (χ3v) is 4.21. The lowest BCUT2D eigenvalue weighted by Crippen LogP contribution is -2.07. The molecule has 1 aromatic carbocycles. The Labute approximate surface area is 173 Å². The smallest absolute Gasteiger partial charge is 0.356 e. The number of nitrogens with two attached hydrogens (primary N) is 1. The van der Waals surface area contributed by atoms with E-state index in [1.807, 2.05) is 18.2 Å². The Morgan fingerprint density at radius 2 is 2.00 bits per heavy atom. The summed E-state index contributed by atoms with van der Waals surface area (Å²) in [6.45, 7) is 2.02. The van der Waals surface area contributed by atoms with E-state index < -0.39 is 5.97 Å². The molecule has 0 radical (unpaired) electrons. The summed E-state index contributed by atoms with van der Waals surface area (Å²) >= 11 is 0. The molecular weight excluding hydrogens is 384 g/mol. The van der Waals surface area contributed by atoms with Crippen LogP contribution in [-0.2, 0) is 9.47 Å². The Balaban J connectivity index is 2.14. The second-order valence-corrected chi connectivity index (χ2v) is 6.12. The maximum atomic E-state index is 12.1. The number of nitrogen functional groups attached to an aromatic ring is 1. The average molecular weight is 404 g/mol. The van der Waals surface area contributed by atoms with E-state index in [2.05, 4.69) is 16.0 Å². The van der Waals surface area contributed by atoms with Crippen LogP contribution in [0.2, 0.25) is 0 Å². The summed E-state index contributed by atoms with van der Waals surface area (Å²) in [5.41, 5.74) is 8.76. The second kappa shape index (κ2) is 9.49. The van der Waals surface area contributed by atoms with Gasteiger partial charge in [-0.2, -0.15) is 5.26 Å². The van der Waals surface area contributed by atoms with Crippen molar-refractivity contribution in [3.8, 4) is 34.2 Å². The van der Waals surface area contributed by atoms with Gasteiger partial charge in [-0.15, -0.1) is 0 Å². The van der Waals surface area contributed by atoms with Gasteiger partial charge in [0.25, 0.3) is 0 Å². The van der Waals surface area contributed by atoms with Gasteiger partial charge in [-0.05, 0) is 42.8 Å². The quantitative estimate of drug-likeness (QED) is 0.470. The first-order valence-corrected chi connectivity index (χ1v) is 9.14. The van der Waals surface area contributed by atoms with Crippen LogP contribution in [0.5, 0.6) is 5.75 Å². The van der Waals surface area contributed by atoms with Crippen LogP contribution in [0.3, 0.4) is 0 Å². The van der Waals surface area contributed by atoms with Gasteiger partial charge in [0.2, 0.25) is 0 Å². The molecule has 0 amide bonds. The molecule has 2 aromatic heterocycles. The Morgan fingerprint density at radius 1 is 1.20 bits per heavy atom. The molecule has 0 unspecified atom stereocenters. The normalized spacial score (nSPS) is 10.3. The lowest BCUT2D eigenvalue weighted by Gasteiger charge is -2.14. The number of pyridine rings is 2. The van der Waals surface area contributed by atoms with Gasteiger partial charge < -0.3 is 19.9 Å². The van der Waals surface area contributed by atoms with Crippen molar-refractivity contribution in [1.29, 1.82) is 5.26 Å². The number of nitrogens with zero attached hydrogens (tertiary/aromatic N) is 3. The Kier molecular flexibility index (Phi) is 6.57. The van der Waals surface area contributed by atoms with Crippen LogP contribution in [0.1, 0.15) is 23.0 Å². The number of anilines is 1. The lowest BCUT2D eigenvalue weighted by atomic mass is 9.98. The van der Waals surface area contributed by atoms with E-state index in [0.29, 0.717) is 28.1 Å². The SMILES string of the molecule is CCOC(=O)c1cc(-c2cc(-c3ccccc3OCOC)nc(N)c2C#N)ccn1. The summed E-state index contributed by atoms with van der Waals surface area (Å²) < 4.78 is 15.6. The first-order valence-electron chi connectivity index (χ1n) is 9.14. The van der Waals surface area contributed by atoms with E-state index in [0.717, 1.165) is 0 Å². The zero-order valence-electron chi connectivity index (χ0n) is 16.6. The number of rotatable bonds is 7. The first-order chi connectivity index (χ1) is 14.6. The molecule has 0 aliphatic rings. The summed E-state index contributed by atoms with van der Waals surface area (Å²) in [4.78, 5) is 20.5. The number of carbonyl (C=O) groups is 1. The molecule has 0 saturated carbocycles. The molecule has 0 bridgehead atoms. The van der Waals surface area contributed by atoms with Crippen LogP contribution in [-0.4, -0.2) is 36.4 Å². The molecule has 0 atom stereocenters. The highest BCUT2D eigenvalue weighted by atomic mass is 16.7. The van der Waals surface area contributed by atoms with Crippen molar-refractivity contribution in [2.45, 2.75) is 6.92 Å². The van der Waals surface area contributed by atoms with Crippen molar-refractivity contribution in [3.63, 3.8) is 0 Å². The molecule has 30 heavy (non-hydrogen) atoms. The fourth-order valence-corrected chi connectivity index (χ4v) is 2.89. The summed E-state index contributed by atoms with van der Waals surface area (Å²) in [6.07, 6.45) is 1.48. The van der Waals surface area contributed by atoms with Gasteiger partial charge >= 0.3 is 5.97 Å². The molecule has 0 fully saturated rings. The molecule has 2 heterocycles. The van der Waals surface area contributed by atoms with E-state index in [1.54, 1.807) is 31.2 Å². The van der Waals surface area contributed by atoms with E-state index in [1.165, 1.54) is 13.3 Å². The molecular formula is C22H20N4O4. The summed E-state index contributed by atoms with van der Waals surface area (Å²) in [5, 5.41) is 9.64. The molecule has 8 heteroatoms. The fraction of sp³-hybridized carbons (Fsp3) is 0.182. The third kappa shape index (κ3) is 4.37. The number of hydrogen-bond acceptors (Lipinski definition) is 8. The number of ether oxygens (including phenoxy) is 3. The number of esters is 1. The third-order valence-electron chi connectivity index (χ3n) is 4.21. The van der Waals surface area contributed by atoms with E-state index in [9.17, 15) is 10.1 Å². The van der Waals surface area contributed by atoms with Crippen LogP contribution < -0.4 is 10.5 Å². The standard InChI is InChI=1S/C22H20N4O4/c1-3-29-22(27)19-10-14(8-9-25-19)16-11-18(26-21(24)17(16)12-23)15-6-4-5-7-20(15)30-13-28-2/h4-11H,3,13H2,1-2H3,(H2,24,26). The van der Waals surface area contributed by atoms with Crippen LogP contribution in [0, 0.1) is 11.3 Å². The highest BCUT2D eigenvalue weighted by molar-refractivity contribution is 5.90. The number of methoxy groups -OCH3 is 1. The number of carbonyl (C=O) groups excluding carboxylic acids is 1. The van der Waals surface area contributed by atoms with Crippen molar-refractivity contribution in [2.24, 2.45) is 0 Å². The first kappa shape index (κ1) is 20.8. The summed E-state index contributed by atoms with van der Waals surface area (Å²) in [6, 6.07) is 14.4. The minimum Gasteiger partial charge on any atom is -0.467 e. The van der Waals surface area contributed by atoms with Gasteiger partial charge in [-0.1, -0.05) is 12.1 Å². The molecule has 3 aromatic rings. The molecule has 0 spiro atoms. The average Bonchev–Trinajstić information content (AvgIpc) is 2.77. The van der Waals surface area contributed by atoms with Gasteiger partial charge in [0.1, 0.15) is 28.9 Å². The van der Waals surface area contributed by atoms with Gasteiger partial charge in [0.15, 0.2) is 6.79 Å². The van der Waals surface area contributed by atoms with Gasteiger partial charge in [0.05, 0.1) is 12.3 Å². The number of benzene rings is 1. The lowest BCUT2D eigenvalue weighted by molar-refractivity contribution is 0.0513. The Bertz CT molecular complexity index is 1110. The molecule has 0 aliphatic heterocycles. The maximum Gasteiger partial charge on any atom is 0.356 e. The minimum absolute atomic E-state index is 0.0704. The number of nitriles is 1. The van der Waals surface area contributed by atoms with Gasteiger partial charge in [-0.3, -0.25) is 0 Å². The predicted molar refractivity (Wildman–Crippen MR) is 110 cm³/mol. The summed E-state index contributed by atoms with van der Waals surface area (Å²) in [5.74, 6) is 0.0864. The predicted octanol–water partition coefficient (Wildman–Crippen LogP) is 3.42. The molecule has 0 saturated heterocycles. The maximum absolute atomic E-state index is 12.1. The van der Waals surface area contributed by atoms with Crippen molar-refractivity contribution in [1.82, 2.24) is 9.97 Å². The zero-order chi connectivity index (χ0) is 21.5. The van der Waals surface area contributed by atoms with Crippen LogP contribution in [0.25, 0.3) is 22.4 Å². The number of para-hydroxylation sites is 1. The molecule has 2 N–H and O–H groups in total. The second-order valence-electron chi connectivity index (χ2n) is 6.12. The van der Waals surface area contributed by atoms with E-state index in [4.69, 9.17) is 19.9 Å². The van der Waals surface area contributed by atoms with Crippen molar-refractivity contribution in [2.75, 3.05) is 26.2 Å². The number of aromatic nitrogens is 2. The van der Waals surface area contributed by atoms with Gasteiger partial charge in [0, 0.05) is 24.4 Å². The van der Waals surface area contributed by atoms with Crippen molar-refractivity contribution >= 4 is 11.8 Å². The van der Waals surface area contributed by atoms with Gasteiger partial charge in [-0.25, -0.2) is 14.8 Å². The largest absolute Gasteiger partial charge is 0.467 e. The van der Waals surface area contributed by atoms with Crippen molar-refractivity contribution < 1.29 is 19.0 Å². The van der Waals surface area contributed by atoms with Crippen LogP contribution >= 0.6 is 0 Å². The van der Waals surface area contributed by atoms with Crippen LogP contribution in [0.15, 0.2) is 48.7 Å². The zero-order valence-corrected chi connectivity index (χ0v) is 16.6. The van der Waals surface area contributed by atoms with Crippen molar-refractivity contribution in [3.05, 3.63) is 59.9 Å². The number of hydrogen-bond donors (Lipinski definition) is 1. The molecule has 0 aliphatic carbocycles. The topological polar surface area (TPSA) is 120 Å². The summed E-state index contributed by atoms with van der Waals surface area (Å²) in [7, 11) is 1.53. The Morgan fingerprint density at radius 3 is 2.73 bits per heavy atom.